The Morgan fingerprint density at radius 2 is 1.89 bits per heavy atom. The number of methoxy groups -OCH3 is 1. The molecule has 6 heteroatoms. The number of nitrogens with zero attached hydrogens (tertiary/aromatic N) is 2. The topological polar surface area (TPSA) is 73.6 Å². The number of carbonyl (C=O) groups is 1. The summed E-state index contributed by atoms with van der Waals surface area (Å²) in [5.74, 6) is 7.08. The van der Waals surface area contributed by atoms with Crippen molar-refractivity contribution in [3.8, 4) is 34.4 Å². The average Bonchev–Trinajstić information content (AvgIpc) is 3.58. The molecule has 1 heterocycles. The molecule has 1 N–H and O–H groups in total. The van der Waals surface area contributed by atoms with Crippen molar-refractivity contribution in [2.75, 3.05) is 13.7 Å². The van der Waals surface area contributed by atoms with Gasteiger partial charge >= 0.3 is 5.97 Å². The lowest BCUT2D eigenvalue weighted by Gasteiger charge is -2.28. The van der Waals surface area contributed by atoms with Gasteiger partial charge in [0.2, 0.25) is 0 Å². The normalized spacial score (nSPS) is 20.0. The van der Waals surface area contributed by atoms with Gasteiger partial charge in [0.15, 0.2) is 0 Å². The maximum Gasteiger partial charge on any atom is 0.341 e. The van der Waals surface area contributed by atoms with Crippen LogP contribution in [-0.2, 0) is 4.74 Å². The first-order valence-electron chi connectivity index (χ1n) is 13.2. The van der Waals surface area contributed by atoms with Gasteiger partial charge < -0.3 is 14.6 Å². The van der Waals surface area contributed by atoms with Crippen molar-refractivity contribution in [1.82, 2.24) is 9.78 Å². The summed E-state index contributed by atoms with van der Waals surface area (Å²) in [4.78, 5) is 12.5. The Morgan fingerprint density at radius 1 is 1.14 bits per heavy atom. The van der Waals surface area contributed by atoms with Crippen LogP contribution in [0.1, 0.15) is 67.4 Å². The molecule has 1 aromatic heterocycles. The predicted octanol–water partition coefficient (Wildman–Crippen LogP) is 5.77. The van der Waals surface area contributed by atoms with Crippen molar-refractivity contribution in [3.63, 3.8) is 0 Å². The third-order valence-electron chi connectivity index (χ3n) is 7.61. The minimum Gasteiger partial charge on any atom is -0.490 e. The lowest BCUT2D eigenvalue weighted by atomic mass is 9.86. The van der Waals surface area contributed by atoms with E-state index < -0.39 is 5.97 Å². The molecule has 2 aromatic carbocycles. The molecule has 0 amide bonds. The molecule has 0 aliphatic heterocycles. The molecule has 0 bridgehead atoms. The summed E-state index contributed by atoms with van der Waals surface area (Å²) in [6.07, 6.45) is 9.02. The van der Waals surface area contributed by atoms with E-state index in [9.17, 15) is 4.79 Å². The third-order valence-corrected chi connectivity index (χ3v) is 7.61. The predicted molar refractivity (Wildman–Crippen MR) is 143 cm³/mol. The molecule has 6 nitrogen and oxygen atoms in total. The standard InChI is InChI=1S/C31H34N2O4/c1-21(22-9-4-3-5-10-22)37-27-15-7-12-24(18-27)23-11-6-14-26(17-23)33-30(28-19-25(28)13-8-16-34)29(20-32-33)31(35)36-2/h6-7,11-12,14-15,17-18,20-22,25,28,34H,3-5,9-10,16,19H2,1-2H3/t21-,25?,28?/m0/s1. The second-order valence-electron chi connectivity index (χ2n) is 10.1. The number of aliphatic hydroxyl groups is 1. The van der Waals surface area contributed by atoms with Gasteiger partial charge in [0, 0.05) is 11.8 Å². The number of aliphatic hydroxyl groups excluding tert-OH is 1. The quantitative estimate of drug-likeness (QED) is 0.331. The van der Waals surface area contributed by atoms with Crippen LogP contribution in [0.4, 0.5) is 0 Å². The summed E-state index contributed by atoms with van der Waals surface area (Å²) < 4.78 is 13.2. The summed E-state index contributed by atoms with van der Waals surface area (Å²) in [6, 6.07) is 16.4. The highest BCUT2D eigenvalue weighted by atomic mass is 16.5. The van der Waals surface area contributed by atoms with Crippen molar-refractivity contribution >= 4 is 5.97 Å². The zero-order valence-corrected chi connectivity index (χ0v) is 21.5. The van der Waals surface area contributed by atoms with Crippen LogP contribution in [-0.4, -0.2) is 40.7 Å². The van der Waals surface area contributed by atoms with Crippen LogP contribution in [0.5, 0.6) is 5.75 Å². The molecule has 0 spiro atoms. The molecule has 5 rings (SSSR count). The first-order valence-corrected chi connectivity index (χ1v) is 13.2. The largest absolute Gasteiger partial charge is 0.490 e. The highest BCUT2D eigenvalue weighted by Gasteiger charge is 2.42. The van der Waals surface area contributed by atoms with E-state index in [1.807, 2.05) is 28.9 Å². The highest BCUT2D eigenvalue weighted by Crippen LogP contribution is 2.49. The number of hydrogen-bond acceptors (Lipinski definition) is 5. The van der Waals surface area contributed by atoms with E-state index in [4.69, 9.17) is 14.6 Å². The second-order valence-corrected chi connectivity index (χ2v) is 10.1. The minimum atomic E-state index is -0.407. The lowest BCUT2D eigenvalue weighted by molar-refractivity contribution is 0.0599. The molecule has 0 saturated heterocycles. The molecule has 2 aliphatic carbocycles. The van der Waals surface area contributed by atoms with Gasteiger partial charge in [0.05, 0.1) is 30.8 Å². The fourth-order valence-corrected chi connectivity index (χ4v) is 5.50. The number of hydrogen-bond donors (Lipinski definition) is 1. The number of ether oxygens (including phenoxy) is 2. The van der Waals surface area contributed by atoms with Gasteiger partial charge in [0.25, 0.3) is 0 Å². The Balaban J connectivity index is 1.42. The van der Waals surface area contributed by atoms with Gasteiger partial charge in [0.1, 0.15) is 17.9 Å². The van der Waals surface area contributed by atoms with E-state index in [2.05, 4.69) is 48.1 Å². The first kappa shape index (κ1) is 25.1. The summed E-state index contributed by atoms with van der Waals surface area (Å²) in [7, 11) is 1.38. The Morgan fingerprint density at radius 3 is 2.65 bits per heavy atom. The van der Waals surface area contributed by atoms with Gasteiger partial charge in [-0.2, -0.15) is 5.10 Å². The van der Waals surface area contributed by atoms with Crippen LogP contribution in [0.3, 0.4) is 0 Å². The molecular formula is C31H34N2O4. The van der Waals surface area contributed by atoms with E-state index in [0.717, 1.165) is 34.7 Å². The molecule has 37 heavy (non-hydrogen) atoms. The van der Waals surface area contributed by atoms with E-state index in [1.54, 1.807) is 6.20 Å². The van der Waals surface area contributed by atoms with Crippen LogP contribution in [0, 0.1) is 23.7 Å². The SMILES string of the molecule is COC(=O)c1cnn(-c2cccc(-c3cccc(O[C@@H](C)C4CCCCC4)c3)c2)c1C1CC1C#CCO. The summed E-state index contributed by atoms with van der Waals surface area (Å²) in [5.41, 5.74) is 4.24. The molecule has 2 saturated carbocycles. The summed E-state index contributed by atoms with van der Waals surface area (Å²) in [5, 5.41) is 13.6. The summed E-state index contributed by atoms with van der Waals surface area (Å²) >= 11 is 0. The Labute approximate surface area is 218 Å². The zero-order valence-electron chi connectivity index (χ0n) is 21.5. The van der Waals surface area contributed by atoms with E-state index in [1.165, 1.54) is 39.2 Å². The van der Waals surface area contributed by atoms with Gasteiger partial charge in [-0.3, -0.25) is 0 Å². The van der Waals surface area contributed by atoms with Crippen LogP contribution >= 0.6 is 0 Å². The first-order chi connectivity index (χ1) is 18.1. The second kappa shape index (κ2) is 11.2. The van der Waals surface area contributed by atoms with E-state index in [0.29, 0.717) is 11.5 Å². The van der Waals surface area contributed by atoms with Gasteiger partial charge in [-0.05, 0) is 67.5 Å². The van der Waals surface area contributed by atoms with Crippen LogP contribution in [0.2, 0.25) is 0 Å². The number of esters is 1. The lowest BCUT2D eigenvalue weighted by Crippen LogP contribution is -2.25. The van der Waals surface area contributed by atoms with E-state index >= 15 is 0 Å². The monoisotopic (exact) mass is 498 g/mol. The molecule has 0 radical (unpaired) electrons. The summed E-state index contributed by atoms with van der Waals surface area (Å²) in [6.45, 7) is 2.02. The molecule has 3 atom stereocenters. The fourth-order valence-electron chi connectivity index (χ4n) is 5.50. The third kappa shape index (κ3) is 5.57. The molecule has 3 aromatic rings. The number of benzene rings is 2. The van der Waals surface area contributed by atoms with Crippen molar-refractivity contribution in [2.24, 2.45) is 11.8 Å². The van der Waals surface area contributed by atoms with E-state index in [-0.39, 0.29) is 24.5 Å². The molecule has 192 valence electrons. The Kier molecular flexibility index (Phi) is 7.62. The van der Waals surface area contributed by atoms with Crippen molar-refractivity contribution < 1.29 is 19.4 Å². The zero-order chi connectivity index (χ0) is 25.8. The fraction of sp³-hybridized carbons (Fsp3) is 0.419. The number of aromatic nitrogens is 2. The molecule has 2 fully saturated rings. The van der Waals surface area contributed by atoms with Crippen molar-refractivity contribution in [1.29, 1.82) is 0 Å². The minimum absolute atomic E-state index is 0.0670. The van der Waals surface area contributed by atoms with Crippen molar-refractivity contribution in [3.05, 3.63) is 66.0 Å². The smallest absolute Gasteiger partial charge is 0.341 e. The van der Waals surface area contributed by atoms with Crippen LogP contribution < -0.4 is 4.74 Å². The number of carbonyl (C=O) groups excluding carboxylic acids is 1. The van der Waals surface area contributed by atoms with Gasteiger partial charge in [-0.15, -0.1) is 0 Å². The van der Waals surface area contributed by atoms with Crippen LogP contribution in [0.25, 0.3) is 16.8 Å². The van der Waals surface area contributed by atoms with Gasteiger partial charge in [-0.25, -0.2) is 9.48 Å². The maximum atomic E-state index is 12.5. The average molecular weight is 499 g/mol. The molecule has 2 unspecified atom stereocenters. The van der Waals surface area contributed by atoms with Gasteiger partial charge in [-0.1, -0.05) is 55.4 Å². The van der Waals surface area contributed by atoms with Crippen LogP contribution in [0.15, 0.2) is 54.7 Å². The Bertz CT molecular complexity index is 1310. The molecule has 2 aliphatic rings. The van der Waals surface area contributed by atoms with Crippen molar-refractivity contribution in [2.45, 2.75) is 57.5 Å². The highest BCUT2D eigenvalue weighted by molar-refractivity contribution is 5.91. The Hall–Kier alpha value is -3.56. The molecular weight excluding hydrogens is 464 g/mol. The number of rotatable bonds is 7. The maximum absolute atomic E-state index is 12.5.